The first-order valence-corrected chi connectivity index (χ1v) is 21.0. The molecule has 0 radical (unpaired) electrons. The van der Waals surface area contributed by atoms with Gasteiger partial charge in [-0.15, -0.1) is 0 Å². The van der Waals surface area contributed by atoms with Crippen LogP contribution in [0.15, 0.2) is 181 Å². The molecule has 6 nitrogen and oxygen atoms in total. The number of fused-ring (bicyclic) bond motifs is 15. The van der Waals surface area contributed by atoms with Gasteiger partial charge in [-0.05, 0) is 160 Å². The van der Waals surface area contributed by atoms with Crippen molar-refractivity contribution in [3.8, 4) is 16.8 Å². The molecule has 2 aliphatic carbocycles. The van der Waals surface area contributed by atoms with E-state index in [9.17, 15) is 0 Å². The van der Waals surface area contributed by atoms with E-state index < -0.39 is 13.7 Å². The number of nitrogens with zero attached hydrogens (tertiary/aromatic N) is 6. The van der Waals surface area contributed by atoms with Gasteiger partial charge in [0.1, 0.15) is 0 Å². The fourth-order valence-electron chi connectivity index (χ4n) is 10.8. The molecular weight excluding hydrogens is 757 g/mol. The molecule has 0 saturated carbocycles. The van der Waals surface area contributed by atoms with Gasteiger partial charge in [0.05, 0.1) is 45.4 Å². The van der Waals surface area contributed by atoms with Crippen LogP contribution >= 0.6 is 0 Å². The Hall–Kier alpha value is -7.96. The minimum absolute atomic E-state index is 0.0867. The van der Waals surface area contributed by atoms with Gasteiger partial charge in [-0.1, -0.05) is 84.9 Å². The van der Waals surface area contributed by atoms with Gasteiger partial charge in [0.15, 0.2) is 5.65 Å². The summed E-state index contributed by atoms with van der Waals surface area (Å²) >= 11 is 0. The zero-order chi connectivity index (χ0) is 45.8. The molecule has 7 aromatic carbocycles. The second kappa shape index (κ2) is 12.3. The summed E-state index contributed by atoms with van der Waals surface area (Å²) in [7, 11) is 0. The fraction of sp³-hybridized carbons (Fsp3) is 0.0714. The van der Waals surface area contributed by atoms with Crippen molar-refractivity contribution in [1.29, 1.82) is 0 Å². The highest BCUT2D eigenvalue weighted by molar-refractivity contribution is 5.95. The highest BCUT2D eigenvalue weighted by Gasteiger charge is 2.42. The van der Waals surface area contributed by atoms with Gasteiger partial charge in [-0.25, -0.2) is 9.97 Å². The van der Waals surface area contributed by atoms with Crippen LogP contribution in [0.2, 0.25) is 0 Å². The van der Waals surface area contributed by atoms with E-state index >= 15 is 0 Å². The van der Waals surface area contributed by atoms with Crippen LogP contribution in [0.3, 0.4) is 0 Å². The Morgan fingerprint density at radius 1 is 0.500 bits per heavy atom. The van der Waals surface area contributed by atoms with Crippen molar-refractivity contribution in [2.24, 2.45) is 0 Å². The smallest absolute Gasteiger partial charge is 0.221 e. The van der Waals surface area contributed by atoms with Gasteiger partial charge in [-0.3, -0.25) is 8.97 Å². The van der Waals surface area contributed by atoms with E-state index in [0.717, 1.165) is 101 Å². The highest BCUT2D eigenvalue weighted by atomic mass is 15.2. The molecular formula is C56H38N6. The monoisotopic (exact) mass is 800 g/mol. The predicted octanol–water partition coefficient (Wildman–Crippen LogP) is 13.4. The van der Waals surface area contributed by atoms with Crippen LogP contribution in [0.25, 0.3) is 56.9 Å². The third kappa shape index (κ3) is 4.48. The Labute approximate surface area is 367 Å². The quantitative estimate of drug-likeness (QED) is 0.178. The number of allylic oxidation sites excluding steroid dienone is 2. The first-order valence-electron chi connectivity index (χ1n) is 24.0. The van der Waals surface area contributed by atoms with E-state index in [1.807, 2.05) is 103 Å². The average molecular weight is 801 g/mol. The van der Waals surface area contributed by atoms with E-state index in [-0.39, 0.29) is 23.0 Å². The number of para-hydroxylation sites is 3. The van der Waals surface area contributed by atoms with Crippen LogP contribution in [-0.4, -0.2) is 18.9 Å². The number of aromatic nitrogens is 4. The summed E-state index contributed by atoms with van der Waals surface area (Å²) in [5.41, 5.74) is 16.9. The van der Waals surface area contributed by atoms with Crippen LogP contribution in [0.4, 0.5) is 22.7 Å². The zero-order valence-electron chi connectivity index (χ0n) is 39.2. The number of pyridine rings is 1. The summed E-state index contributed by atoms with van der Waals surface area (Å²) in [4.78, 5) is 14.3. The molecule has 0 saturated heterocycles. The Bertz CT molecular complexity index is 3880. The molecule has 62 heavy (non-hydrogen) atoms. The van der Waals surface area contributed by atoms with Gasteiger partial charge in [0, 0.05) is 37.2 Å². The van der Waals surface area contributed by atoms with Crippen LogP contribution < -0.4 is 9.80 Å². The first kappa shape index (κ1) is 28.5. The number of hydrogen-bond donors (Lipinski definition) is 0. The maximum atomic E-state index is 9.16. The third-order valence-electron chi connectivity index (χ3n) is 13.4. The maximum Gasteiger partial charge on any atom is 0.221 e. The molecule has 0 bridgehead atoms. The predicted molar refractivity (Wildman–Crippen MR) is 252 cm³/mol. The summed E-state index contributed by atoms with van der Waals surface area (Å²) < 4.78 is 58.9. The lowest BCUT2D eigenvalue weighted by molar-refractivity contribution is 1.00. The molecule has 0 N–H and O–H groups in total. The van der Waals surface area contributed by atoms with Crippen LogP contribution in [0.1, 0.15) is 64.6 Å². The van der Waals surface area contributed by atoms with Gasteiger partial charge in [-0.2, -0.15) is 0 Å². The second-order valence-corrected chi connectivity index (χ2v) is 16.6. The van der Waals surface area contributed by atoms with E-state index in [0.29, 0.717) is 11.1 Å². The van der Waals surface area contributed by atoms with Crippen LogP contribution in [0.5, 0.6) is 0 Å². The average Bonchev–Trinajstić information content (AvgIpc) is 4.18. The number of hydrogen-bond acceptors (Lipinski definition) is 4. The summed E-state index contributed by atoms with van der Waals surface area (Å²) in [6, 6.07) is 54.5. The van der Waals surface area contributed by atoms with E-state index in [1.165, 1.54) is 0 Å². The fourth-order valence-corrected chi connectivity index (χ4v) is 10.8. The Kier molecular flexibility index (Phi) is 5.66. The van der Waals surface area contributed by atoms with Crippen molar-refractivity contribution in [2.45, 2.75) is 25.5 Å². The van der Waals surface area contributed by atoms with E-state index in [2.05, 4.69) is 79.5 Å². The number of benzene rings is 7. The third-order valence-corrected chi connectivity index (χ3v) is 13.4. The second-order valence-electron chi connectivity index (χ2n) is 16.6. The number of anilines is 4. The number of imidazole rings is 2. The number of rotatable bonds is 4. The maximum absolute atomic E-state index is 9.16. The lowest BCUT2D eigenvalue weighted by Crippen LogP contribution is -2.12. The minimum Gasteiger partial charge on any atom is -0.313 e. The van der Waals surface area contributed by atoms with Crippen molar-refractivity contribution in [1.82, 2.24) is 18.9 Å². The normalized spacial score (nSPS) is 18.5. The Balaban J connectivity index is 0.998. The standard InChI is InChI=1S/C56H38N6/c1-33-26-49-44(53-40-20-8-6-14-35(40)28-51(53)59(49)37-16-4-3-5-17-37)31-42(33)43-32-45-50(27-34(43)2)60(52-29-36-15-7-9-21-41(36)54(45)52)38-18-12-19-39(30-38)61-55-48(24-13-25-57-55)62-47-23-11-10-22-46(47)58-56(61)62/h3-32,53-54H,1-2H3/i1D3,2D3. The Morgan fingerprint density at radius 2 is 1.08 bits per heavy atom. The first-order chi connectivity index (χ1) is 33.0. The van der Waals surface area contributed by atoms with Crippen molar-refractivity contribution in [3.05, 3.63) is 226 Å². The Morgan fingerprint density at radius 3 is 1.77 bits per heavy atom. The zero-order valence-corrected chi connectivity index (χ0v) is 33.2. The summed E-state index contributed by atoms with van der Waals surface area (Å²) in [5, 5.41) is 0. The van der Waals surface area contributed by atoms with Crippen molar-refractivity contribution in [3.63, 3.8) is 0 Å². The molecule has 0 spiro atoms. The largest absolute Gasteiger partial charge is 0.313 e. The molecule has 0 fully saturated rings. The molecule has 10 aromatic rings. The van der Waals surface area contributed by atoms with Gasteiger partial charge < -0.3 is 9.80 Å². The lowest BCUT2D eigenvalue weighted by Gasteiger charge is -2.24. The summed E-state index contributed by atoms with van der Waals surface area (Å²) in [6.07, 6.45) is 6.18. The molecule has 292 valence electrons. The summed E-state index contributed by atoms with van der Waals surface area (Å²) in [5.74, 6) is 0.307. The molecule has 2 aliphatic heterocycles. The van der Waals surface area contributed by atoms with Crippen molar-refractivity contribution < 1.29 is 8.22 Å². The molecule has 14 rings (SSSR count). The molecule has 4 aliphatic rings. The van der Waals surface area contributed by atoms with E-state index in [4.69, 9.17) is 18.2 Å². The molecule has 6 heteroatoms. The lowest BCUT2D eigenvalue weighted by atomic mass is 9.85. The number of aryl methyl sites for hydroxylation is 2. The molecule has 3 aromatic heterocycles. The molecule has 0 amide bonds. The van der Waals surface area contributed by atoms with Crippen LogP contribution in [0, 0.1) is 13.7 Å². The summed E-state index contributed by atoms with van der Waals surface area (Å²) in [6.45, 7) is -5.19. The van der Waals surface area contributed by atoms with Crippen molar-refractivity contribution >= 4 is 62.9 Å². The SMILES string of the molecule is [2H]C([2H])([2H])c1cc2c(cc1-c1cc3c(cc1C([2H])([2H])[2H])N(c1cccc(-n4c5ncccc5n5c6ccccc6nc45)c1)C1=Cc4ccccc4C13)C1C(=Cc3ccccc31)N2c1ccccc1. The molecule has 2 atom stereocenters. The van der Waals surface area contributed by atoms with Gasteiger partial charge in [0.25, 0.3) is 0 Å². The van der Waals surface area contributed by atoms with Crippen molar-refractivity contribution in [2.75, 3.05) is 9.80 Å². The van der Waals surface area contributed by atoms with E-state index in [1.54, 1.807) is 18.3 Å². The van der Waals surface area contributed by atoms with Gasteiger partial charge >= 0.3 is 0 Å². The topological polar surface area (TPSA) is 41.6 Å². The molecule has 5 heterocycles. The minimum atomic E-state index is -2.61. The van der Waals surface area contributed by atoms with Crippen LogP contribution in [-0.2, 0) is 0 Å². The van der Waals surface area contributed by atoms with Gasteiger partial charge in [0.2, 0.25) is 5.78 Å². The molecule has 2 unspecified atom stereocenters. The highest BCUT2D eigenvalue weighted by Crippen LogP contribution is 2.59.